The molecule has 1 aliphatic rings. The fourth-order valence-corrected chi connectivity index (χ4v) is 4.88. The molecule has 3 rings (SSSR count). The highest BCUT2D eigenvalue weighted by Gasteiger charge is 2.43. The second-order valence-electron chi connectivity index (χ2n) is 12.2. The van der Waals surface area contributed by atoms with Crippen molar-refractivity contribution in [1.29, 1.82) is 5.41 Å². The number of rotatable bonds is 7. The number of aliphatic hydroxyl groups excluding tert-OH is 1. The monoisotopic (exact) mass is 546 g/mol. The molecule has 0 aliphatic carbocycles. The Labute approximate surface area is 227 Å². The molecule has 0 aromatic heterocycles. The Kier molecular flexibility index (Phi) is 8.65. The molecule has 0 saturated carbocycles. The van der Waals surface area contributed by atoms with Crippen LogP contribution in [0.1, 0.15) is 75.0 Å². The predicted octanol–water partition coefficient (Wildman–Crippen LogP) is 5.83. The van der Waals surface area contributed by atoms with Gasteiger partial charge in [-0.15, -0.1) is 0 Å². The first kappa shape index (κ1) is 30.3. The molecule has 2 unspecified atom stereocenters. The van der Waals surface area contributed by atoms with E-state index in [2.05, 4.69) is 0 Å². The first-order valence-corrected chi connectivity index (χ1v) is 12.9. The average Bonchev–Trinajstić information content (AvgIpc) is 3.11. The Bertz CT molecular complexity index is 1190. The van der Waals surface area contributed by atoms with E-state index in [0.29, 0.717) is 24.0 Å². The zero-order valence-electron chi connectivity index (χ0n) is 23.3. The van der Waals surface area contributed by atoms with Crippen molar-refractivity contribution in [1.82, 2.24) is 4.90 Å². The number of alkyl halides is 3. The number of hydrogen-bond donors (Lipinski definition) is 2. The summed E-state index contributed by atoms with van der Waals surface area (Å²) >= 11 is 0. The van der Waals surface area contributed by atoms with Gasteiger partial charge in [-0.05, 0) is 41.4 Å². The fourth-order valence-electron chi connectivity index (χ4n) is 4.88. The quantitative estimate of drug-likeness (QED) is 0.259. The standard InChI is InChI=1S/C30H37F3N2O4/c1-28(2,3)22-14-19(15-23(29(4,5)6)25(22)39-27(38)30(31,32)33)24(37)16-35-21(17-36)13-20(26(35)34)12-18-10-8-7-9-11-18/h7-11,14-15,20-21,34,36H,12-13,16-17H2,1-6H3. The van der Waals surface area contributed by atoms with Gasteiger partial charge in [0.15, 0.2) is 5.78 Å². The third-order valence-electron chi connectivity index (χ3n) is 7.00. The van der Waals surface area contributed by atoms with E-state index >= 15 is 0 Å². The highest BCUT2D eigenvalue weighted by molar-refractivity contribution is 6.01. The third kappa shape index (κ3) is 7.06. The molecule has 1 heterocycles. The summed E-state index contributed by atoms with van der Waals surface area (Å²) in [5.41, 5.74) is 0.387. The van der Waals surface area contributed by atoms with Gasteiger partial charge < -0.3 is 14.7 Å². The van der Waals surface area contributed by atoms with Crippen molar-refractivity contribution in [3.05, 3.63) is 64.7 Å². The second-order valence-corrected chi connectivity index (χ2v) is 12.2. The van der Waals surface area contributed by atoms with Gasteiger partial charge in [-0.1, -0.05) is 71.9 Å². The molecule has 0 spiro atoms. The number of ketones is 1. The Morgan fingerprint density at radius 1 is 1.00 bits per heavy atom. The average molecular weight is 547 g/mol. The minimum atomic E-state index is -5.18. The van der Waals surface area contributed by atoms with Gasteiger partial charge in [0.05, 0.1) is 19.2 Å². The van der Waals surface area contributed by atoms with Gasteiger partial charge in [0.1, 0.15) is 11.6 Å². The molecule has 2 N–H and O–H groups in total. The number of hydrogen-bond acceptors (Lipinski definition) is 5. The number of nitrogens with zero attached hydrogens (tertiary/aromatic N) is 1. The lowest BCUT2D eigenvalue weighted by Gasteiger charge is -2.30. The number of ether oxygens (including phenoxy) is 1. The number of esters is 1. The van der Waals surface area contributed by atoms with Crippen molar-refractivity contribution in [2.24, 2.45) is 5.92 Å². The van der Waals surface area contributed by atoms with E-state index in [0.717, 1.165) is 5.56 Å². The largest absolute Gasteiger partial charge is 0.491 e. The van der Waals surface area contributed by atoms with Crippen molar-refractivity contribution in [3.63, 3.8) is 0 Å². The van der Waals surface area contributed by atoms with Gasteiger partial charge in [0, 0.05) is 22.6 Å². The molecule has 39 heavy (non-hydrogen) atoms. The SMILES string of the molecule is CC(C)(C)c1cc(C(=O)CN2C(=N)C(Cc3ccccc3)CC2CO)cc(C(C)(C)C)c1OC(=O)C(F)(F)F. The predicted molar refractivity (Wildman–Crippen MR) is 143 cm³/mol. The van der Waals surface area contributed by atoms with Gasteiger partial charge >= 0.3 is 12.1 Å². The van der Waals surface area contributed by atoms with E-state index in [-0.39, 0.29) is 42.0 Å². The van der Waals surface area contributed by atoms with Crippen molar-refractivity contribution >= 4 is 17.6 Å². The molecule has 1 fully saturated rings. The number of halogens is 3. The molecule has 2 aromatic carbocycles. The van der Waals surface area contributed by atoms with Gasteiger partial charge in [-0.2, -0.15) is 13.2 Å². The van der Waals surface area contributed by atoms with Crippen LogP contribution in [0.5, 0.6) is 5.75 Å². The summed E-state index contributed by atoms with van der Waals surface area (Å²) < 4.78 is 44.3. The summed E-state index contributed by atoms with van der Waals surface area (Å²) in [7, 11) is 0. The van der Waals surface area contributed by atoms with Crippen molar-refractivity contribution in [3.8, 4) is 5.75 Å². The fraction of sp³-hybridized carbons (Fsp3) is 0.500. The third-order valence-corrected chi connectivity index (χ3v) is 7.00. The zero-order valence-corrected chi connectivity index (χ0v) is 23.3. The first-order chi connectivity index (χ1) is 17.9. The number of Topliss-reactive ketones (excluding diaryl/α,β-unsaturated/α-hetero) is 1. The molecule has 0 radical (unpaired) electrons. The number of benzene rings is 2. The summed E-state index contributed by atoms with van der Waals surface area (Å²) in [6.07, 6.45) is -4.03. The number of nitrogens with one attached hydrogen (secondary N) is 1. The summed E-state index contributed by atoms with van der Waals surface area (Å²) in [6.45, 7) is 10.2. The molecular formula is C30H37F3N2O4. The van der Waals surface area contributed by atoms with Gasteiger partial charge in [-0.25, -0.2) is 4.79 Å². The molecule has 9 heteroatoms. The van der Waals surface area contributed by atoms with Crippen LogP contribution in [0.3, 0.4) is 0 Å². The molecule has 0 amide bonds. The lowest BCUT2D eigenvalue weighted by Crippen LogP contribution is -2.40. The minimum absolute atomic E-state index is 0.156. The van der Waals surface area contributed by atoms with Gasteiger partial charge in [0.2, 0.25) is 0 Å². The van der Waals surface area contributed by atoms with E-state index in [1.807, 2.05) is 30.3 Å². The van der Waals surface area contributed by atoms with E-state index in [1.165, 1.54) is 12.1 Å². The number of aliphatic hydroxyl groups is 1. The summed E-state index contributed by atoms with van der Waals surface area (Å²) in [4.78, 5) is 27.1. The van der Waals surface area contributed by atoms with Crippen LogP contribution in [0.4, 0.5) is 13.2 Å². The Balaban J connectivity index is 1.98. The van der Waals surface area contributed by atoms with Crippen molar-refractivity contribution < 1.29 is 32.6 Å². The van der Waals surface area contributed by atoms with Crippen LogP contribution in [0.2, 0.25) is 0 Å². The Morgan fingerprint density at radius 2 is 1.54 bits per heavy atom. The lowest BCUT2D eigenvalue weighted by molar-refractivity contribution is -0.189. The Hall–Kier alpha value is -3.20. The van der Waals surface area contributed by atoms with Crippen LogP contribution >= 0.6 is 0 Å². The van der Waals surface area contributed by atoms with Gasteiger partial charge in [0.25, 0.3) is 0 Å². The van der Waals surface area contributed by atoms with E-state index in [4.69, 9.17) is 10.1 Å². The van der Waals surface area contributed by atoms with E-state index < -0.39 is 29.0 Å². The van der Waals surface area contributed by atoms with Crippen LogP contribution in [-0.4, -0.2) is 53.0 Å². The van der Waals surface area contributed by atoms with E-state index in [1.54, 1.807) is 46.4 Å². The highest BCUT2D eigenvalue weighted by atomic mass is 19.4. The molecule has 1 saturated heterocycles. The van der Waals surface area contributed by atoms with Crippen LogP contribution in [-0.2, 0) is 22.0 Å². The van der Waals surface area contributed by atoms with E-state index in [9.17, 15) is 27.9 Å². The van der Waals surface area contributed by atoms with Crippen LogP contribution < -0.4 is 4.74 Å². The number of amidine groups is 1. The minimum Gasteiger partial charge on any atom is -0.419 e. The highest BCUT2D eigenvalue weighted by Crippen LogP contribution is 2.42. The second kappa shape index (κ2) is 11.1. The van der Waals surface area contributed by atoms with Crippen molar-refractivity contribution in [2.45, 2.75) is 77.4 Å². The lowest BCUT2D eigenvalue weighted by atomic mass is 9.78. The maximum Gasteiger partial charge on any atom is 0.491 e. The molecule has 6 nitrogen and oxygen atoms in total. The first-order valence-electron chi connectivity index (χ1n) is 12.9. The van der Waals surface area contributed by atoms with Crippen molar-refractivity contribution in [2.75, 3.05) is 13.2 Å². The number of carbonyl (C=O) groups is 2. The maximum atomic E-state index is 13.6. The van der Waals surface area contributed by atoms with Crippen LogP contribution in [0.25, 0.3) is 0 Å². The molecular weight excluding hydrogens is 509 g/mol. The van der Waals surface area contributed by atoms with Crippen LogP contribution in [0.15, 0.2) is 42.5 Å². The normalized spacial score (nSPS) is 18.4. The summed E-state index contributed by atoms with van der Waals surface area (Å²) in [5.74, 6) is -2.74. The molecule has 212 valence electrons. The van der Waals surface area contributed by atoms with Crippen LogP contribution in [0, 0.1) is 11.3 Å². The smallest absolute Gasteiger partial charge is 0.419 e. The molecule has 2 aromatic rings. The number of likely N-dealkylation sites (tertiary alicyclic amines) is 1. The Morgan fingerprint density at radius 3 is 2.00 bits per heavy atom. The molecule has 2 atom stereocenters. The topological polar surface area (TPSA) is 90.7 Å². The number of carbonyl (C=O) groups excluding carboxylic acids is 2. The molecule has 1 aliphatic heterocycles. The summed E-state index contributed by atoms with van der Waals surface area (Å²) in [5, 5.41) is 18.8. The zero-order chi connectivity index (χ0) is 29.3. The van der Waals surface area contributed by atoms with Gasteiger partial charge in [-0.3, -0.25) is 10.2 Å². The molecule has 0 bridgehead atoms. The maximum absolute atomic E-state index is 13.6. The summed E-state index contributed by atoms with van der Waals surface area (Å²) in [6, 6.07) is 12.3.